The van der Waals surface area contributed by atoms with Crippen LogP contribution < -0.4 is 5.32 Å². The van der Waals surface area contributed by atoms with Crippen LogP contribution in [-0.4, -0.2) is 26.9 Å². The third-order valence-corrected chi connectivity index (χ3v) is 3.48. The number of aromatic nitrogens is 3. The van der Waals surface area contributed by atoms with Gasteiger partial charge in [-0.2, -0.15) is 0 Å². The number of rotatable bonds is 7. The van der Waals surface area contributed by atoms with Crippen LogP contribution >= 0.6 is 0 Å². The Labute approximate surface area is 131 Å². The van der Waals surface area contributed by atoms with Gasteiger partial charge in [0.15, 0.2) is 0 Å². The molecule has 0 aliphatic heterocycles. The van der Waals surface area contributed by atoms with Crippen LogP contribution in [0.5, 0.6) is 0 Å². The third-order valence-electron chi connectivity index (χ3n) is 3.48. The van der Waals surface area contributed by atoms with Gasteiger partial charge in [0.2, 0.25) is 5.91 Å². The Morgan fingerprint density at radius 3 is 2.68 bits per heavy atom. The second-order valence-electron chi connectivity index (χ2n) is 5.18. The van der Waals surface area contributed by atoms with Gasteiger partial charge < -0.3 is 5.32 Å². The molecule has 2 aromatic rings. The molecule has 1 aromatic heterocycles. The zero-order chi connectivity index (χ0) is 15.8. The van der Waals surface area contributed by atoms with Gasteiger partial charge in [-0.1, -0.05) is 49.4 Å². The molecule has 116 valence electrons. The number of carbonyl (C=O) groups excluding carboxylic acids is 1. The fraction of sp³-hybridized carbons (Fsp3) is 0.353. The van der Waals surface area contributed by atoms with Crippen LogP contribution in [0, 0.1) is 0 Å². The fourth-order valence-corrected chi connectivity index (χ4v) is 2.14. The SMILES string of the molecule is CCC(CC)NC(=O)/C=C\c1cn(Cc2ccccc2)nn1. The quantitative estimate of drug-likeness (QED) is 0.799. The van der Waals surface area contributed by atoms with Crippen LogP contribution in [0.1, 0.15) is 37.9 Å². The highest BCUT2D eigenvalue weighted by molar-refractivity contribution is 5.91. The van der Waals surface area contributed by atoms with Crippen LogP contribution in [-0.2, 0) is 11.3 Å². The molecule has 0 aliphatic carbocycles. The molecule has 0 fully saturated rings. The molecule has 1 aromatic carbocycles. The Kier molecular flexibility index (Phi) is 5.89. The first-order valence-corrected chi connectivity index (χ1v) is 7.64. The van der Waals surface area contributed by atoms with Crippen molar-refractivity contribution in [3.05, 3.63) is 53.9 Å². The molecule has 0 bridgehead atoms. The molecule has 0 saturated carbocycles. The highest BCUT2D eigenvalue weighted by atomic mass is 16.1. The van der Waals surface area contributed by atoms with Crippen LogP contribution in [0.3, 0.4) is 0 Å². The van der Waals surface area contributed by atoms with Gasteiger partial charge in [0.1, 0.15) is 5.69 Å². The average molecular weight is 298 g/mol. The van der Waals surface area contributed by atoms with Gasteiger partial charge in [-0.25, -0.2) is 4.68 Å². The van der Waals surface area contributed by atoms with Gasteiger partial charge in [-0.15, -0.1) is 5.10 Å². The Balaban J connectivity index is 1.91. The predicted octanol–water partition coefficient (Wildman–Crippen LogP) is 2.64. The van der Waals surface area contributed by atoms with E-state index in [1.807, 2.05) is 36.5 Å². The first-order valence-electron chi connectivity index (χ1n) is 7.64. The summed E-state index contributed by atoms with van der Waals surface area (Å²) in [6.07, 6.45) is 6.89. The molecule has 5 heteroatoms. The molecule has 0 saturated heterocycles. The molecule has 0 unspecified atom stereocenters. The summed E-state index contributed by atoms with van der Waals surface area (Å²) in [7, 11) is 0. The Morgan fingerprint density at radius 1 is 1.27 bits per heavy atom. The number of hydrogen-bond donors (Lipinski definition) is 1. The zero-order valence-electron chi connectivity index (χ0n) is 13.1. The van der Waals surface area contributed by atoms with Crippen molar-refractivity contribution in [2.75, 3.05) is 0 Å². The van der Waals surface area contributed by atoms with E-state index in [0.29, 0.717) is 12.2 Å². The molecule has 0 atom stereocenters. The van der Waals surface area contributed by atoms with E-state index >= 15 is 0 Å². The van der Waals surface area contributed by atoms with Crippen molar-refractivity contribution >= 4 is 12.0 Å². The van der Waals surface area contributed by atoms with Gasteiger partial charge in [0, 0.05) is 12.1 Å². The second kappa shape index (κ2) is 8.12. The van der Waals surface area contributed by atoms with E-state index in [0.717, 1.165) is 18.4 Å². The second-order valence-corrected chi connectivity index (χ2v) is 5.18. The lowest BCUT2D eigenvalue weighted by atomic mass is 10.2. The van der Waals surface area contributed by atoms with Crippen LogP contribution in [0.25, 0.3) is 6.08 Å². The number of amides is 1. The standard InChI is InChI=1S/C17H22N4O/c1-3-15(4-2)18-17(22)11-10-16-13-21(20-19-16)12-14-8-6-5-7-9-14/h5-11,13,15H,3-4,12H2,1-2H3,(H,18,22)/b11-10-. The van der Waals surface area contributed by atoms with Crippen molar-refractivity contribution in [2.45, 2.75) is 39.3 Å². The third kappa shape index (κ3) is 4.84. The monoisotopic (exact) mass is 298 g/mol. The van der Waals surface area contributed by atoms with E-state index in [-0.39, 0.29) is 11.9 Å². The van der Waals surface area contributed by atoms with E-state index in [1.165, 1.54) is 6.08 Å². The maximum absolute atomic E-state index is 11.8. The number of carbonyl (C=O) groups is 1. The molecular weight excluding hydrogens is 276 g/mol. The minimum absolute atomic E-state index is 0.0914. The minimum Gasteiger partial charge on any atom is -0.350 e. The summed E-state index contributed by atoms with van der Waals surface area (Å²) in [5.74, 6) is -0.0914. The lowest BCUT2D eigenvalue weighted by molar-refractivity contribution is -0.117. The molecule has 1 heterocycles. The summed E-state index contributed by atoms with van der Waals surface area (Å²) in [6.45, 7) is 4.79. The van der Waals surface area contributed by atoms with E-state index in [2.05, 4.69) is 29.5 Å². The molecule has 1 N–H and O–H groups in total. The van der Waals surface area contributed by atoms with Crippen molar-refractivity contribution in [1.29, 1.82) is 0 Å². The highest BCUT2D eigenvalue weighted by Gasteiger charge is 2.05. The molecule has 1 amide bonds. The van der Waals surface area contributed by atoms with Crippen LogP contribution in [0.15, 0.2) is 42.6 Å². The smallest absolute Gasteiger partial charge is 0.244 e. The molecule has 22 heavy (non-hydrogen) atoms. The Bertz CT molecular complexity index is 615. The van der Waals surface area contributed by atoms with Gasteiger partial charge in [0.05, 0.1) is 12.7 Å². The lowest BCUT2D eigenvalue weighted by Gasteiger charge is -2.12. The maximum Gasteiger partial charge on any atom is 0.244 e. The summed E-state index contributed by atoms with van der Waals surface area (Å²) >= 11 is 0. The molecule has 0 aliphatic rings. The van der Waals surface area contributed by atoms with E-state index in [9.17, 15) is 4.79 Å². The van der Waals surface area contributed by atoms with Gasteiger partial charge in [-0.05, 0) is 24.5 Å². The van der Waals surface area contributed by atoms with Crippen molar-refractivity contribution in [1.82, 2.24) is 20.3 Å². The summed E-state index contributed by atoms with van der Waals surface area (Å²) in [4.78, 5) is 11.8. The van der Waals surface area contributed by atoms with Crippen molar-refractivity contribution in [3.8, 4) is 0 Å². The molecule has 0 spiro atoms. The van der Waals surface area contributed by atoms with E-state index in [4.69, 9.17) is 0 Å². The summed E-state index contributed by atoms with van der Waals surface area (Å²) in [5, 5.41) is 11.1. The minimum atomic E-state index is -0.0914. The fourth-order valence-electron chi connectivity index (χ4n) is 2.14. The van der Waals surface area contributed by atoms with E-state index < -0.39 is 0 Å². The summed E-state index contributed by atoms with van der Waals surface area (Å²) < 4.78 is 1.76. The number of nitrogens with one attached hydrogen (secondary N) is 1. The van der Waals surface area contributed by atoms with Crippen LogP contribution in [0.2, 0.25) is 0 Å². The zero-order valence-corrected chi connectivity index (χ0v) is 13.1. The number of nitrogens with zero attached hydrogens (tertiary/aromatic N) is 3. The van der Waals surface area contributed by atoms with Gasteiger partial charge >= 0.3 is 0 Å². The van der Waals surface area contributed by atoms with Crippen molar-refractivity contribution in [2.24, 2.45) is 0 Å². The van der Waals surface area contributed by atoms with Crippen molar-refractivity contribution in [3.63, 3.8) is 0 Å². The highest BCUT2D eigenvalue weighted by Crippen LogP contribution is 2.03. The van der Waals surface area contributed by atoms with Crippen molar-refractivity contribution < 1.29 is 4.79 Å². The largest absolute Gasteiger partial charge is 0.350 e. The summed E-state index contributed by atoms with van der Waals surface area (Å²) in [6, 6.07) is 10.3. The normalized spacial score (nSPS) is 11.2. The Hall–Kier alpha value is -2.43. The molecule has 5 nitrogen and oxygen atoms in total. The number of benzene rings is 1. The first kappa shape index (κ1) is 15.9. The summed E-state index contributed by atoms with van der Waals surface area (Å²) in [5.41, 5.74) is 1.84. The molecule has 0 radical (unpaired) electrons. The number of hydrogen-bond acceptors (Lipinski definition) is 3. The predicted molar refractivity (Wildman–Crippen MR) is 87.1 cm³/mol. The van der Waals surface area contributed by atoms with E-state index in [1.54, 1.807) is 10.8 Å². The lowest BCUT2D eigenvalue weighted by Crippen LogP contribution is -2.32. The first-order chi connectivity index (χ1) is 10.7. The molecular formula is C17H22N4O. The van der Waals surface area contributed by atoms with Crippen LogP contribution in [0.4, 0.5) is 0 Å². The average Bonchev–Trinajstić information content (AvgIpc) is 2.99. The Morgan fingerprint density at radius 2 is 2.00 bits per heavy atom. The topological polar surface area (TPSA) is 59.8 Å². The van der Waals surface area contributed by atoms with Gasteiger partial charge in [-0.3, -0.25) is 4.79 Å². The van der Waals surface area contributed by atoms with Gasteiger partial charge in [0.25, 0.3) is 0 Å². The molecule has 2 rings (SSSR count). The maximum atomic E-state index is 11.8.